The molecule has 118 valence electrons. The monoisotopic (exact) mass is 328 g/mol. The van der Waals surface area contributed by atoms with Crippen LogP contribution in [-0.4, -0.2) is 26.9 Å². The minimum Gasteiger partial charge on any atom is -0.339 e. The average molecular weight is 328 g/mol. The second-order valence-electron chi connectivity index (χ2n) is 5.39. The van der Waals surface area contributed by atoms with Crippen molar-refractivity contribution < 1.29 is 4.79 Å². The molecule has 0 aromatic carbocycles. The van der Waals surface area contributed by atoms with Crippen LogP contribution in [0.1, 0.15) is 29.8 Å². The number of nitrogens with zero attached hydrogens (tertiary/aromatic N) is 3. The fraction of sp³-hybridized carbons (Fsp3) is 0.250. The molecular weight excluding hydrogens is 312 g/mol. The van der Waals surface area contributed by atoms with Crippen LogP contribution in [0, 0.1) is 6.92 Å². The first-order chi connectivity index (χ1) is 11.0. The van der Waals surface area contributed by atoms with Crippen LogP contribution in [0.2, 0.25) is 0 Å². The molecule has 3 heterocycles. The van der Waals surface area contributed by atoms with Gasteiger partial charge in [-0.15, -0.1) is 0 Å². The quantitative estimate of drug-likeness (QED) is 0.675. The molecule has 1 unspecified atom stereocenters. The van der Waals surface area contributed by atoms with E-state index in [1.165, 1.54) is 16.2 Å². The van der Waals surface area contributed by atoms with Gasteiger partial charge in [0.1, 0.15) is 16.2 Å². The van der Waals surface area contributed by atoms with Crippen molar-refractivity contribution in [3.05, 3.63) is 51.6 Å². The molecule has 1 N–H and O–H groups in total. The Balaban J connectivity index is 2.12. The Labute approximate surface area is 137 Å². The highest BCUT2D eigenvalue weighted by Crippen LogP contribution is 2.22. The van der Waals surface area contributed by atoms with Gasteiger partial charge < -0.3 is 5.32 Å². The van der Waals surface area contributed by atoms with Crippen LogP contribution in [0.3, 0.4) is 0 Å². The summed E-state index contributed by atoms with van der Waals surface area (Å²) in [6.45, 7) is 5.79. The number of aromatic nitrogens is 2. The number of carbonyl (C=O) groups excluding carboxylic acids is 1. The van der Waals surface area contributed by atoms with E-state index in [-0.39, 0.29) is 17.2 Å². The molecule has 1 aliphatic rings. The molecule has 7 heteroatoms. The Bertz CT molecular complexity index is 914. The number of aliphatic imine (C=N–C) groups is 1. The molecule has 1 atom stereocenters. The lowest BCUT2D eigenvalue weighted by Gasteiger charge is -2.17. The normalized spacial score (nSPS) is 17.4. The zero-order chi connectivity index (χ0) is 16.6. The topological polar surface area (TPSA) is 75.8 Å². The largest absolute Gasteiger partial charge is 0.339 e. The number of thioether (sulfide) groups is 1. The fourth-order valence-electron chi connectivity index (χ4n) is 2.44. The summed E-state index contributed by atoms with van der Waals surface area (Å²) >= 11 is 1.20. The third-order valence-electron chi connectivity index (χ3n) is 3.48. The highest BCUT2D eigenvalue weighted by molar-refractivity contribution is 8.13. The van der Waals surface area contributed by atoms with Crippen LogP contribution in [0.15, 0.2) is 44.9 Å². The Hall–Kier alpha value is -2.41. The third kappa shape index (κ3) is 2.92. The van der Waals surface area contributed by atoms with Crippen molar-refractivity contribution in [2.75, 3.05) is 0 Å². The summed E-state index contributed by atoms with van der Waals surface area (Å²) in [5, 5.41) is 4.14. The smallest absolute Gasteiger partial charge is 0.269 e. The number of hydrogen-bond donors (Lipinski definition) is 1. The number of aldehydes is 1. The molecule has 2 aromatic rings. The first kappa shape index (κ1) is 15.5. The average Bonchev–Trinajstić information content (AvgIpc) is 2.48. The zero-order valence-corrected chi connectivity index (χ0v) is 13.8. The molecule has 3 rings (SSSR count). The van der Waals surface area contributed by atoms with Crippen molar-refractivity contribution in [2.24, 2.45) is 4.99 Å². The minimum absolute atomic E-state index is 0.0433. The van der Waals surface area contributed by atoms with Gasteiger partial charge in [0.2, 0.25) is 0 Å². The van der Waals surface area contributed by atoms with Gasteiger partial charge in [0.25, 0.3) is 5.56 Å². The Kier molecular flexibility index (Phi) is 4.04. The second-order valence-corrected chi connectivity index (χ2v) is 6.37. The molecule has 23 heavy (non-hydrogen) atoms. The van der Waals surface area contributed by atoms with Gasteiger partial charge in [-0.05, 0) is 50.2 Å². The van der Waals surface area contributed by atoms with E-state index in [0.717, 1.165) is 11.3 Å². The van der Waals surface area contributed by atoms with Crippen molar-refractivity contribution in [2.45, 2.75) is 31.8 Å². The van der Waals surface area contributed by atoms with E-state index in [1.54, 1.807) is 12.3 Å². The molecule has 0 saturated heterocycles. The summed E-state index contributed by atoms with van der Waals surface area (Å²) in [4.78, 5) is 32.9. The van der Waals surface area contributed by atoms with Crippen LogP contribution >= 0.6 is 11.8 Å². The van der Waals surface area contributed by atoms with Crippen molar-refractivity contribution >= 4 is 28.9 Å². The Morgan fingerprint density at radius 3 is 2.87 bits per heavy atom. The number of fused-ring (bicyclic) bond motifs is 1. The lowest BCUT2D eigenvalue weighted by Crippen LogP contribution is -2.26. The maximum absolute atomic E-state index is 12.5. The predicted octanol–water partition coefficient (Wildman–Crippen LogP) is 2.16. The van der Waals surface area contributed by atoms with Gasteiger partial charge in [0, 0.05) is 11.9 Å². The van der Waals surface area contributed by atoms with E-state index in [9.17, 15) is 9.59 Å². The summed E-state index contributed by atoms with van der Waals surface area (Å²) in [7, 11) is 0. The van der Waals surface area contributed by atoms with Gasteiger partial charge in [-0.1, -0.05) is 6.07 Å². The van der Waals surface area contributed by atoms with Gasteiger partial charge in [-0.2, -0.15) is 0 Å². The lowest BCUT2D eigenvalue weighted by atomic mass is 10.3. The summed E-state index contributed by atoms with van der Waals surface area (Å²) in [6.07, 6.45) is 4.17. The van der Waals surface area contributed by atoms with E-state index in [1.807, 2.05) is 32.9 Å². The van der Waals surface area contributed by atoms with E-state index >= 15 is 0 Å². The third-order valence-corrected chi connectivity index (χ3v) is 4.38. The van der Waals surface area contributed by atoms with Gasteiger partial charge >= 0.3 is 0 Å². The van der Waals surface area contributed by atoms with Crippen LogP contribution < -0.4 is 10.9 Å². The van der Waals surface area contributed by atoms with Gasteiger partial charge in [0.15, 0.2) is 11.5 Å². The van der Waals surface area contributed by atoms with Crippen molar-refractivity contribution in [3.8, 4) is 0 Å². The maximum Gasteiger partial charge on any atom is 0.269 e. The number of allylic oxidation sites excluding steroid dienone is 1. The molecular formula is C16H16N4O2S. The molecule has 0 saturated carbocycles. The maximum atomic E-state index is 12.5. The second kappa shape index (κ2) is 6.00. The van der Waals surface area contributed by atoms with E-state index in [2.05, 4.69) is 15.3 Å². The first-order valence-corrected chi connectivity index (χ1v) is 7.99. The number of pyridine rings is 1. The van der Waals surface area contributed by atoms with Crippen molar-refractivity contribution in [1.29, 1.82) is 0 Å². The molecule has 0 spiro atoms. The molecule has 0 bridgehead atoms. The molecule has 1 aliphatic heterocycles. The fourth-order valence-corrected chi connectivity index (χ4v) is 3.43. The summed E-state index contributed by atoms with van der Waals surface area (Å²) in [5.41, 5.74) is 2.07. The number of amidine groups is 1. The van der Waals surface area contributed by atoms with E-state index in [4.69, 9.17) is 0 Å². The van der Waals surface area contributed by atoms with Crippen LogP contribution in [0.5, 0.6) is 0 Å². The summed E-state index contributed by atoms with van der Waals surface area (Å²) < 4.78 is 1.40. The van der Waals surface area contributed by atoms with Crippen LogP contribution in [0.25, 0.3) is 5.65 Å². The Morgan fingerprint density at radius 1 is 1.39 bits per heavy atom. The first-order valence-electron chi connectivity index (χ1n) is 7.18. The lowest BCUT2D eigenvalue weighted by molar-refractivity contribution is 0.111. The molecule has 0 aliphatic carbocycles. The molecule has 2 aromatic heterocycles. The Morgan fingerprint density at radius 2 is 2.17 bits per heavy atom. The summed E-state index contributed by atoms with van der Waals surface area (Å²) in [5.74, 6) is 0. The van der Waals surface area contributed by atoms with E-state index in [0.29, 0.717) is 22.1 Å². The highest BCUT2D eigenvalue weighted by atomic mass is 32.2. The number of carbonyl (C=O) groups is 1. The van der Waals surface area contributed by atoms with Crippen LogP contribution in [0.4, 0.5) is 0 Å². The highest BCUT2D eigenvalue weighted by Gasteiger charge is 2.18. The molecule has 0 radical (unpaired) electrons. The van der Waals surface area contributed by atoms with Crippen molar-refractivity contribution in [3.63, 3.8) is 0 Å². The number of nitrogens with one attached hydrogen (secondary N) is 1. The number of hydrogen-bond acceptors (Lipinski definition) is 6. The molecule has 0 amide bonds. The van der Waals surface area contributed by atoms with Crippen LogP contribution in [-0.2, 0) is 0 Å². The van der Waals surface area contributed by atoms with E-state index < -0.39 is 0 Å². The zero-order valence-electron chi connectivity index (χ0n) is 13.0. The number of aryl methyl sites for hydroxylation is 1. The van der Waals surface area contributed by atoms with Crippen molar-refractivity contribution in [1.82, 2.24) is 14.7 Å². The SMILES string of the molecule is CC1=CC(C)N=C(Sc2nc3c(C)cccn3c(=O)c2C=O)N1. The minimum atomic E-state index is -0.368. The predicted molar refractivity (Wildman–Crippen MR) is 91.2 cm³/mol. The molecule has 6 nitrogen and oxygen atoms in total. The van der Waals surface area contributed by atoms with Gasteiger partial charge in [-0.25, -0.2) is 4.98 Å². The molecule has 0 fully saturated rings. The number of rotatable bonds is 2. The van der Waals surface area contributed by atoms with Gasteiger partial charge in [-0.3, -0.25) is 19.0 Å². The van der Waals surface area contributed by atoms with Gasteiger partial charge in [0.05, 0.1) is 6.04 Å². The summed E-state index contributed by atoms with van der Waals surface area (Å²) in [6, 6.07) is 3.68. The standard InChI is InChI=1S/C16H16N4O2S/c1-9-5-4-6-20-13(9)19-14(12(8-21)15(20)22)23-16-17-10(2)7-11(3)18-16/h4-8,10H,1-3H3,(H,17,18).